The van der Waals surface area contributed by atoms with Crippen molar-refractivity contribution in [1.82, 2.24) is 0 Å². The molecule has 0 aliphatic rings. The number of ether oxygens (including phenoxy) is 2. The maximum absolute atomic E-state index is 11.7. The molecule has 0 fully saturated rings. The van der Waals surface area contributed by atoms with Gasteiger partial charge in [0.1, 0.15) is 0 Å². The van der Waals surface area contributed by atoms with Crippen molar-refractivity contribution in [3.63, 3.8) is 0 Å². The summed E-state index contributed by atoms with van der Waals surface area (Å²) in [6.07, 6.45) is 1.43. The molecule has 0 heterocycles. The third-order valence-corrected chi connectivity index (χ3v) is 3.40. The number of aliphatic imine (C=N–C) groups is 1. The van der Waals surface area contributed by atoms with Crippen LogP contribution < -0.4 is 4.74 Å². The van der Waals surface area contributed by atoms with Crippen LogP contribution in [0.2, 0.25) is 0 Å². The fourth-order valence-corrected chi connectivity index (χ4v) is 2.16. The van der Waals surface area contributed by atoms with Crippen molar-refractivity contribution in [2.45, 2.75) is 19.1 Å². The quantitative estimate of drug-likeness (QED) is 0.425. The van der Waals surface area contributed by atoms with Crippen LogP contribution in [0.3, 0.4) is 0 Å². The predicted octanol–water partition coefficient (Wildman–Crippen LogP) is 2.43. The van der Waals surface area contributed by atoms with Crippen LogP contribution in [0.1, 0.15) is 11.1 Å². The van der Waals surface area contributed by atoms with Gasteiger partial charge >= 0.3 is 123 Å². The number of carbonyl (C=O) groups is 1. The Morgan fingerprint density at radius 1 is 1.12 bits per heavy atom. The van der Waals surface area contributed by atoms with E-state index in [1.807, 2.05) is 54.6 Å². The zero-order valence-corrected chi connectivity index (χ0v) is 13.4. The number of benzene rings is 2. The van der Waals surface area contributed by atoms with Crippen LogP contribution in [0, 0.1) is 0 Å². The molecule has 0 N–H and O–H groups in total. The summed E-state index contributed by atoms with van der Waals surface area (Å²) < 4.78 is 20.8. The maximum atomic E-state index is 11.7. The number of esters is 1. The minimum atomic E-state index is -0.726. The monoisotopic (exact) mass is 323 g/mol. The van der Waals surface area contributed by atoms with E-state index >= 15 is 0 Å². The Kier molecular flexibility index (Phi) is 6.89. The van der Waals surface area contributed by atoms with Crippen LogP contribution in [-0.2, 0) is 27.3 Å². The summed E-state index contributed by atoms with van der Waals surface area (Å²) in [6.45, 7) is 0.495. The van der Waals surface area contributed by atoms with Crippen molar-refractivity contribution < 1.29 is 19.0 Å². The summed E-state index contributed by atoms with van der Waals surface area (Å²) in [5.74, 6) is 0.270. The van der Waals surface area contributed by atoms with Crippen molar-refractivity contribution in [3.05, 3.63) is 65.7 Å². The van der Waals surface area contributed by atoms with Crippen LogP contribution >= 0.6 is 0 Å². The normalized spacial score (nSPS) is 11.7. The fourth-order valence-electron chi connectivity index (χ4n) is 2.16. The standard InChI is InChI=1S/C18H18BNO4/c1-23-18(21)17(20-13-19-22)11-14-7-9-16(10-8-14)24-12-15-5-3-2-4-6-15/h2-10,13,17H,11-12H2,1H3/t17-/m0/s1. The Balaban J connectivity index is 1.96. The van der Waals surface area contributed by atoms with Crippen LogP contribution in [0.5, 0.6) is 5.75 Å². The number of methoxy groups -OCH3 is 1. The van der Waals surface area contributed by atoms with Gasteiger partial charge in [-0.1, -0.05) is 18.2 Å². The van der Waals surface area contributed by atoms with E-state index in [0.29, 0.717) is 20.2 Å². The van der Waals surface area contributed by atoms with Crippen molar-refractivity contribution in [3.8, 4) is 5.75 Å². The summed E-state index contributed by atoms with van der Waals surface area (Å²) in [6, 6.07) is 16.6. The molecule has 2 rings (SSSR count). The molecular formula is C18H18BNO4. The van der Waals surface area contributed by atoms with E-state index in [1.54, 1.807) is 0 Å². The molecule has 0 amide bonds. The molecule has 0 radical (unpaired) electrons. The van der Waals surface area contributed by atoms with E-state index in [0.717, 1.165) is 23.0 Å². The van der Waals surface area contributed by atoms with E-state index < -0.39 is 12.0 Å². The third-order valence-electron chi connectivity index (χ3n) is 3.40. The summed E-state index contributed by atoms with van der Waals surface area (Å²) in [7, 11) is 1.84. The topological polar surface area (TPSA) is 65.0 Å². The molecule has 24 heavy (non-hydrogen) atoms. The molecule has 6 heteroatoms. The molecule has 0 saturated carbocycles. The van der Waals surface area contributed by atoms with E-state index in [1.165, 1.54) is 7.11 Å². The van der Waals surface area contributed by atoms with Gasteiger partial charge in [-0.05, 0) is 0 Å². The van der Waals surface area contributed by atoms with Crippen LogP contribution in [0.25, 0.3) is 0 Å². The molecule has 0 aliphatic carbocycles. The number of nitrogens with zero attached hydrogens (tertiary/aromatic N) is 1. The summed E-state index contributed by atoms with van der Waals surface area (Å²) in [4.78, 5) is 15.6. The Bertz CT molecular complexity index is 686. The molecule has 0 aromatic heterocycles. The summed E-state index contributed by atoms with van der Waals surface area (Å²) in [5.41, 5.74) is 2.00. The van der Waals surface area contributed by atoms with Crippen LogP contribution in [-0.4, -0.2) is 32.4 Å². The van der Waals surface area contributed by atoms with E-state index in [4.69, 9.17) is 9.47 Å². The van der Waals surface area contributed by atoms with Gasteiger partial charge in [0.25, 0.3) is 0 Å². The van der Waals surface area contributed by atoms with Gasteiger partial charge in [0.2, 0.25) is 0 Å². The second-order valence-electron chi connectivity index (χ2n) is 5.10. The molecule has 0 saturated heterocycles. The average molecular weight is 323 g/mol. The summed E-state index contributed by atoms with van der Waals surface area (Å²) >= 11 is 0. The molecular weight excluding hydrogens is 305 g/mol. The van der Waals surface area contributed by atoms with Gasteiger partial charge in [0, 0.05) is 0 Å². The third kappa shape index (κ3) is 5.46. The molecule has 0 bridgehead atoms. The summed E-state index contributed by atoms with van der Waals surface area (Å²) in [5, 5.41) is 0. The number of hydrogen-bond acceptors (Lipinski definition) is 5. The minimum absolute atomic E-state index is 0.357. The molecule has 5 nitrogen and oxygen atoms in total. The Hall–Kier alpha value is -2.76. The number of carbonyl (C=O) groups excluding carboxylic acids is 1. The van der Waals surface area contributed by atoms with Crippen LogP contribution in [0.15, 0.2) is 59.6 Å². The molecule has 0 aliphatic heterocycles. The average Bonchev–Trinajstić information content (AvgIpc) is 2.64. The van der Waals surface area contributed by atoms with Crippen LogP contribution in [0.4, 0.5) is 0 Å². The second-order valence-corrected chi connectivity index (χ2v) is 5.10. The molecule has 2 aromatic carbocycles. The van der Waals surface area contributed by atoms with Gasteiger partial charge in [0.15, 0.2) is 0 Å². The van der Waals surface area contributed by atoms with Gasteiger partial charge in [-0.15, -0.1) is 0 Å². The Morgan fingerprint density at radius 2 is 1.83 bits per heavy atom. The molecule has 122 valence electrons. The van der Waals surface area contributed by atoms with Gasteiger partial charge in [-0.3, -0.25) is 0 Å². The number of hydrogen-bond donors (Lipinski definition) is 0. The first kappa shape index (κ1) is 17.6. The molecule has 1 atom stereocenters. The SMILES string of the molecule is COC(=O)[C@H](Cc1ccc(OCc2ccccc2)cc1)N=CB=O. The van der Waals surface area contributed by atoms with E-state index in [2.05, 4.69) is 4.99 Å². The fraction of sp³-hybridized carbons (Fsp3) is 0.222. The Morgan fingerprint density at radius 3 is 2.46 bits per heavy atom. The Labute approximate surface area is 141 Å². The van der Waals surface area contributed by atoms with Gasteiger partial charge < -0.3 is 0 Å². The van der Waals surface area contributed by atoms with E-state index in [-0.39, 0.29) is 0 Å². The second kappa shape index (κ2) is 9.40. The zero-order chi connectivity index (χ0) is 17.2. The molecule has 2 aromatic rings. The van der Waals surface area contributed by atoms with Gasteiger partial charge in [-0.2, -0.15) is 0 Å². The van der Waals surface area contributed by atoms with E-state index in [9.17, 15) is 9.50 Å². The zero-order valence-electron chi connectivity index (χ0n) is 13.4. The first-order chi connectivity index (χ1) is 11.7. The van der Waals surface area contributed by atoms with Gasteiger partial charge in [-0.25, -0.2) is 0 Å². The van der Waals surface area contributed by atoms with Crippen molar-refractivity contribution in [1.29, 1.82) is 0 Å². The van der Waals surface area contributed by atoms with Crippen molar-refractivity contribution in [2.24, 2.45) is 4.99 Å². The van der Waals surface area contributed by atoms with Crippen molar-refractivity contribution >= 4 is 19.2 Å². The van der Waals surface area contributed by atoms with Gasteiger partial charge in [0.05, 0.1) is 0 Å². The molecule has 0 spiro atoms. The first-order valence-corrected chi connectivity index (χ1v) is 7.53. The number of rotatable bonds is 8. The predicted molar refractivity (Wildman–Crippen MR) is 91.7 cm³/mol. The first-order valence-electron chi connectivity index (χ1n) is 7.53. The molecule has 0 unspecified atom stereocenters. The van der Waals surface area contributed by atoms with Crippen molar-refractivity contribution in [2.75, 3.05) is 7.11 Å².